The van der Waals surface area contributed by atoms with Crippen LogP contribution in [0, 0.1) is 5.92 Å². The summed E-state index contributed by atoms with van der Waals surface area (Å²) in [6.07, 6.45) is 1.15. The van der Waals surface area contributed by atoms with Crippen molar-refractivity contribution in [3.63, 3.8) is 0 Å². The van der Waals surface area contributed by atoms with Crippen molar-refractivity contribution >= 4 is 37.8 Å². The zero-order valence-corrected chi connectivity index (χ0v) is 17.2. The van der Waals surface area contributed by atoms with E-state index in [0.29, 0.717) is 36.9 Å². The number of carbonyl (C=O) groups excluding carboxylic acids is 1. The molecule has 1 saturated heterocycles. The molecule has 0 unspecified atom stereocenters. The molecule has 26 heavy (non-hydrogen) atoms. The van der Waals surface area contributed by atoms with Gasteiger partial charge in [0.15, 0.2) is 0 Å². The van der Waals surface area contributed by atoms with Crippen LogP contribution in [0.3, 0.4) is 0 Å². The number of hydrogen-bond acceptors (Lipinski definition) is 4. The Morgan fingerprint density at radius 2 is 1.96 bits per heavy atom. The first kappa shape index (κ1) is 20.9. The third-order valence-electron chi connectivity index (χ3n) is 4.57. The highest BCUT2D eigenvalue weighted by Gasteiger charge is 2.30. The Balaban J connectivity index is 2.35. The minimum Gasteiger partial charge on any atom is -0.481 e. The predicted molar refractivity (Wildman–Crippen MR) is 101 cm³/mol. The lowest BCUT2D eigenvalue weighted by Gasteiger charge is -2.31. The molecule has 0 radical (unpaired) electrons. The van der Waals surface area contributed by atoms with Gasteiger partial charge >= 0.3 is 5.97 Å². The van der Waals surface area contributed by atoms with Gasteiger partial charge in [0.25, 0.3) is 5.91 Å². The molecule has 1 aromatic rings. The standard InChI is InChI=1S/C17H23BrN2O5S/c1-3-20(4-2)26(24,25)13-7-8-15(18)14(10-13)16(21)19-9-5-6-12(11-19)17(22)23/h7-8,10,12H,3-6,9,11H2,1-2H3,(H,22,23)/t12-/m0/s1. The number of hydrogen-bond donors (Lipinski definition) is 1. The number of likely N-dealkylation sites (tertiary alicyclic amines) is 1. The monoisotopic (exact) mass is 446 g/mol. The molecule has 0 aliphatic carbocycles. The van der Waals surface area contributed by atoms with Gasteiger partial charge in [-0.05, 0) is 47.0 Å². The maximum atomic E-state index is 12.9. The first-order chi connectivity index (χ1) is 12.2. The van der Waals surface area contributed by atoms with Crippen molar-refractivity contribution in [1.29, 1.82) is 0 Å². The van der Waals surface area contributed by atoms with Gasteiger partial charge in [-0.2, -0.15) is 4.31 Å². The summed E-state index contributed by atoms with van der Waals surface area (Å²) < 4.78 is 27.2. The van der Waals surface area contributed by atoms with E-state index in [4.69, 9.17) is 0 Å². The third kappa shape index (κ3) is 4.27. The lowest BCUT2D eigenvalue weighted by atomic mass is 9.97. The van der Waals surface area contributed by atoms with Gasteiger partial charge in [0.1, 0.15) is 0 Å². The molecule has 1 aromatic carbocycles. The van der Waals surface area contributed by atoms with Crippen LogP contribution in [0.1, 0.15) is 37.0 Å². The molecule has 1 aliphatic heterocycles. The molecule has 1 atom stereocenters. The average molecular weight is 447 g/mol. The summed E-state index contributed by atoms with van der Waals surface area (Å²) in [5, 5.41) is 9.20. The molecule has 1 heterocycles. The molecule has 0 spiro atoms. The summed E-state index contributed by atoms with van der Waals surface area (Å²) in [6, 6.07) is 4.37. The maximum absolute atomic E-state index is 12.9. The molecule has 0 saturated carbocycles. The summed E-state index contributed by atoms with van der Waals surface area (Å²) in [5.74, 6) is -1.87. The van der Waals surface area contributed by atoms with Crippen LogP contribution in [0.15, 0.2) is 27.6 Å². The van der Waals surface area contributed by atoms with E-state index < -0.39 is 21.9 Å². The SMILES string of the molecule is CCN(CC)S(=O)(=O)c1ccc(Br)c(C(=O)N2CCC[C@H](C(=O)O)C2)c1. The molecule has 1 fully saturated rings. The van der Waals surface area contributed by atoms with Gasteiger partial charge in [-0.25, -0.2) is 8.42 Å². The lowest BCUT2D eigenvalue weighted by molar-refractivity contribution is -0.143. The fraction of sp³-hybridized carbons (Fsp3) is 0.529. The van der Waals surface area contributed by atoms with Crippen LogP contribution >= 0.6 is 15.9 Å². The summed E-state index contributed by atoms with van der Waals surface area (Å²) in [7, 11) is -3.68. The summed E-state index contributed by atoms with van der Waals surface area (Å²) >= 11 is 3.31. The van der Waals surface area contributed by atoms with E-state index in [1.807, 2.05) is 0 Å². The van der Waals surface area contributed by atoms with E-state index in [1.54, 1.807) is 19.9 Å². The molecule has 7 nitrogen and oxygen atoms in total. The molecule has 2 rings (SSSR count). The number of halogens is 1. The van der Waals surface area contributed by atoms with Crippen molar-refractivity contribution in [1.82, 2.24) is 9.21 Å². The fourth-order valence-corrected chi connectivity index (χ4v) is 4.98. The first-order valence-corrected chi connectivity index (χ1v) is 10.8. The predicted octanol–water partition coefficient (Wildman–Crippen LogP) is 2.42. The van der Waals surface area contributed by atoms with Crippen LogP contribution < -0.4 is 0 Å². The van der Waals surface area contributed by atoms with E-state index in [2.05, 4.69) is 15.9 Å². The van der Waals surface area contributed by atoms with Crippen molar-refractivity contribution in [3.05, 3.63) is 28.2 Å². The Kier molecular flexibility index (Phi) is 6.81. The smallest absolute Gasteiger partial charge is 0.308 e. The molecule has 0 bridgehead atoms. The lowest BCUT2D eigenvalue weighted by Crippen LogP contribution is -2.42. The van der Waals surface area contributed by atoms with Gasteiger partial charge in [-0.1, -0.05) is 13.8 Å². The Morgan fingerprint density at radius 3 is 2.54 bits per heavy atom. The number of benzene rings is 1. The zero-order chi connectivity index (χ0) is 19.5. The highest BCUT2D eigenvalue weighted by molar-refractivity contribution is 9.10. The molecular formula is C17H23BrN2O5S. The molecule has 0 aromatic heterocycles. The van der Waals surface area contributed by atoms with Crippen LogP contribution in [0.4, 0.5) is 0 Å². The number of carboxylic acids is 1. The van der Waals surface area contributed by atoms with Gasteiger partial charge in [0.05, 0.1) is 16.4 Å². The van der Waals surface area contributed by atoms with Gasteiger partial charge in [-0.15, -0.1) is 0 Å². The zero-order valence-electron chi connectivity index (χ0n) is 14.8. The van der Waals surface area contributed by atoms with Crippen LogP contribution in [-0.4, -0.2) is 60.8 Å². The number of piperidine rings is 1. The topological polar surface area (TPSA) is 95.0 Å². The number of amides is 1. The van der Waals surface area contributed by atoms with Crippen LogP contribution in [0.2, 0.25) is 0 Å². The molecule has 1 N–H and O–H groups in total. The Bertz CT molecular complexity index is 792. The minimum absolute atomic E-state index is 0.0551. The van der Waals surface area contributed by atoms with Crippen LogP contribution in [0.5, 0.6) is 0 Å². The minimum atomic E-state index is -3.68. The largest absolute Gasteiger partial charge is 0.481 e. The second kappa shape index (κ2) is 8.49. The highest BCUT2D eigenvalue weighted by atomic mass is 79.9. The van der Waals surface area contributed by atoms with Gasteiger partial charge < -0.3 is 10.0 Å². The van der Waals surface area contributed by atoms with Gasteiger partial charge in [0, 0.05) is 30.7 Å². The van der Waals surface area contributed by atoms with E-state index in [-0.39, 0.29) is 22.9 Å². The number of sulfonamides is 1. The Morgan fingerprint density at radius 1 is 1.31 bits per heavy atom. The average Bonchev–Trinajstić information content (AvgIpc) is 2.62. The third-order valence-corrected chi connectivity index (χ3v) is 7.31. The highest BCUT2D eigenvalue weighted by Crippen LogP contribution is 2.26. The number of aliphatic carboxylic acids is 1. The van der Waals surface area contributed by atoms with E-state index in [9.17, 15) is 23.1 Å². The van der Waals surface area contributed by atoms with Crippen LogP contribution in [-0.2, 0) is 14.8 Å². The summed E-state index contributed by atoms with van der Waals surface area (Å²) in [4.78, 5) is 25.6. The van der Waals surface area contributed by atoms with Crippen LogP contribution in [0.25, 0.3) is 0 Å². The van der Waals surface area contributed by atoms with E-state index in [0.717, 1.165) is 0 Å². The maximum Gasteiger partial charge on any atom is 0.308 e. The molecular weight excluding hydrogens is 424 g/mol. The second-order valence-electron chi connectivity index (χ2n) is 6.16. The molecule has 1 amide bonds. The molecule has 1 aliphatic rings. The Hall–Kier alpha value is -1.45. The van der Waals surface area contributed by atoms with Gasteiger partial charge in [0.2, 0.25) is 10.0 Å². The summed E-state index contributed by atoms with van der Waals surface area (Å²) in [5.41, 5.74) is 0.226. The second-order valence-corrected chi connectivity index (χ2v) is 8.95. The quantitative estimate of drug-likeness (QED) is 0.723. The summed E-state index contributed by atoms with van der Waals surface area (Å²) in [6.45, 7) is 4.78. The number of carbonyl (C=O) groups is 2. The van der Waals surface area contributed by atoms with Gasteiger partial charge in [-0.3, -0.25) is 9.59 Å². The van der Waals surface area contributed by atoms with Crippen molar-refractivity contribution in [2.24, 2.45) is 5.92 Å². The van der Waals surface area contributed by atoms with Crippen molar-refractivity contribution in [2.75, 3.05) is 26.2 Å². The molecule has 9 heteroatoms. The Labute approximate surface area is 162 Å². The van der Waals surface area contributed by atoms with E-state index >= 15 is 0 Å². The fourth-order valence-electron chi connectivity index (χ4n) is 3.07. The van der Waals surface area contributed by atoms with E-state index in [1.165, 1.54) is 21.3 Å². The van der Waals surface area contributed by atoms with Crippen molar-refractivity contribution in [3.8, 4) is 0 Å². The normalized spacial score (nSPS) is 18.2. The number of carboxylic acid groups (broad SMARTS) is 1. The van der Waals surface area contributed by atoms with Crippen molar-refractivity contribution in [2.45, 2.75) is 31.6 Å². The number of rotatable bonds is 6. The molecule has 144 valence electrons. The first-order valence-electron chi connectivity index (χ1n) is 8.54. The number of nitrogens with zero attached hydrogens (tertiary/aromatic N) is 2. The van der Waals surface area contributed by atoms with Crippen molar-refractivity contribution < 1.29 is 23.1 Å².